The molecule has 144 valence electrons. The van der Waals surface area contributed by atoms with Crippen molar-refractivity contribution in [3.63, 3.8) is 0 Å². The van der Waals surface area contributed by atoms with Gasteiger partial charge in [0, 0.05) is 0 Å². The smallest absolute Gasteiger partial charge is 0.229 e. The number of benzene rings is 2. The van der Waals surface area contributed by atoms with E-state index in [2.05, 4.69) is 46.6 Å². The van der Waals surface area contributed by atoms with Gasteiger partial charge in [0.15, 0.2) is 11.5 Å². The molecule has 0 spiro atoms. The minimum Gasteiger partial charge on any atom is -0.490 e. The number of anilines is 1. The normalized spacial score (nSPS) is 15.6. The molecule has 1 N–H and O–H groups in total. The van der Waals surface area contributed by atoms with Crippen LogP contribution in [0.1, 0.15) is 36.1 Å². The number of aromatic nitrogens is 3. The summed E-state index contributed by atoms with van der Waals surface area (Å²) in [5.74, 6) is 1.70. The van der Waals surface area contributed by atoms with E-state index in [1.54, 1.807) is 4.68 Å². The number of rotatable bonds is 6. The van der Waals surface area contributed by atoms with Gasteiger partial charge < -0.3 is 9.47 Å². The Labute approximate surface area is 163 Å². The Morgan fingerprint density at radius 3 is 2.75 bits per heavy atom. The van der Waals surface area contributed by atoms with E-state index in [1.165, 1.54) is 11.9 Å². The highest BCUT2D eigenvalue weighted by Crippen LogP contribution is 2.35. The molecule has 2 aromatic carbocycles. The van der Waals surface area contributed by atoms with E-state index in [0.29, 0.717) is 37.1 Å². The summed E-state index contributed by atoms with van der Waals surface area (Å²) in [5, 5.41) is 6.98. The van der Waals surface area contributed by atoms with Gasteiger partial charge in [-0.05, 0) is 37.1 Å². The van der Waals surface area contributed by atoms with Crippen LogP contribution in [-0.2, 0) is 11.4 Å². The number of hydrogen-bond acceptors (Lipinski definition) is 5. The topological polar surface area (TPSA) is 78.3 Å². The SMILES string of the molecule is CCOc1cc([C@H]2CC(=O)Nc3ncnn32)ccc1OCc1ccc(C)cc1. The molecule has 0 radical (unpaired) electrons. The quantitative estimate of drug-likeness (QED) is 0.710. The van der Waals surface area contributed by atoms with Gasteiger partial charge in [-0.2, -0.15) is 10.1 Å². The molecule has 0 fully saturated rings. The Morgan fingerprint density at radius 2 is 1.96 bits per heavy atom. The molecule has 3 aromatic rings. The van der Waals surface area contributed by atoms with Crippen LogP contribution in [0.3, 0.4) is 0 Å². The molecule has 1 aliphatic heterocycles. The molecule has 28 heavy (non-hydrogen) atoms. The summed E-state index contributed by atoms with van der Waals surface area (Å²) in [4.78, 5) is 16.1. The number of aryl methyl sites for hydroxylation is 1. The summed E-state index contributed by atoms with van der Waals surface area (Å²) < 4.78 is 13.5. The molecule has 2 heterocycles. The van der Waals surface area contributed by atoms with E-state index >= 15 is 0 Å². The van der Waals surface area contributed by atoms with Gasteiger partial charge in [-0.15, -0.1) is 0 Å². The predicted octanol–water partition coefficient (Wildman–Crippen LogP) is 3.50. The first-order valence-electron chi connectivity index (χ1n) is 9.28. The summed E-state index contributed by atoms with van der Waals surface area (Å²) in [6.07, 6.45) is 1.74. The van der Waals surface area contributed by atoms with Gasteiger partial charge in [-0.3, -0.25) is 10.1 Å². The van der Waals surface area contributed by atoms with Crippen molar-refractivity contribution in [3.8, 4) is 11.5 Å². The minimum absolute atomic E-state index is 0.0804. The van der Waals surface area contributed by atoms with Crippen molar-refractivity contribution in [1.82, 2.24) is 14.8 Å². The highest BCUT2D eigenvalue weighted by Gasteiger charge is 2.28. The molecule has 0 saturated carbocycles. The van der Waals surface area contributed by atoms with E-state index in [-0.39, 0.29) is 11.9 Å². The van der Waals surface area contributed by atoms with Crippen LogP contribution in [0.15, 0.2) is 48.8 Å². The van der Waals surface area contributed by atoms with Crippen LogP contribution in [0.2, 0.25) is 0 Å². The zero-order valence-corrected chi connectivity index (χ0v) is 15.9. The fourth-order valence-corrected chi connectivity index (χ4v) is 3.23. The van der Waals surface area contributed by atoms with Crippen LogP contribution in [0.25, 0.3) is 0 Å². The monoisotopic (exact) mass is 378 g/mol. The zero-order valence-electron chi connectivity index (χ0n) is 15.9. The number of hydrogen-bond donors (Lipinski definition) is 1. The second-order valence-electron chi connectivity index (χ2n) is 6.71. The van der Waals surface area contributed by atoms with Gasteiger partial charge in [0.25, 0.3) is 0 Å². The summed E-state index contributed by atoms with van der Waals surface area (Å²) in [5.41, 5.74) is 3.23. The van der Waals surface area contributed by atoms with Crippen LogP contribution >= 0.6 is 0 Å². The lowest BCUT2D eigenvalue weighted by atomic mass is 10.0. The summed E-state index contributed by atoms with van der Waals surface area (Å²) >= 11 is 0. The Bertz CT molecular complexity index is 982. The fourth-order valence-electron chi connectivity index (χ4n) is 3.23. The summed E-state index contributed by atoms with van der Waals surface area (Å²) in [7, 11) is 0. The number of ether oxygens (including phenoxy) is 2. The van der Waals surface area contributed by atoms with Crippen LogP contribution in [0.5, 0.6) is 11.5 Å². The average Bonchev–Trinajstić information content (AvgIpc) is 3.16. The second kappa shape index (κ2) is 7.72. The molecule has 4 rings (SSSR count). The van der Waals surface area contributed by atoms with Crippen molar-refractivity contribution >= 4 is 11.9 Å². The van der Waals surface area contributed by atoms with E-state index in [9.17, 15) is 4.79 Å². The molecule has 1 aromatic heterocycles. The molecule has 0 unspecified atom stereocenters. The standard InChI is InChI=1S/C21H22N4O3/c1-3-27-19-10-16(17-11-20(26)24-21-22-13-23-25(17)21)8-9-18(19)28-12-15-6-4-14(2)5-7-15/h4-10,13,17H,3,11-12H2,1-2H3,(H,22,23,24,26)/t17-/m1/s1. The third kappa shape index (κ3) is 3.69. The van der Waals surface area contributed by atoms with Crippen LogP contribution in [-0.4, -0.2) is 27.3 Å². The molecule has 0 saturated heterocycles. The Kier molecular flexibility index (Phi) is 4.97. The molecule has 7 nitrogen and oxygen atoms in total. The summed E-state index contributed by atoms with van der Waals surface area (Å²) in [6.45, 7) is 4.96. The molecule has 0 bridgehead atoms. The number of fused-ring (bicyclic) bond motifs is 1. The van der Waals surface area contributed by atoms with Gasteiger partial charge in [0.1, 0.15) is 12.9 Å². The molecule has 0 aliphatic carbocycles. The summed E-state index contributed by atoms with van der Waals surface area (Å²) in [6, 6.07) is 13.8. The molecular weight excluding hydrogens is 356 g/mol. The van der Waals surface area contributed by atoms with Gasteiger partial charge in [0.2, 0.25) is 11.9 Å². The van der Waals surface area contributed by atoms with Gasteiger partial charge >= 0.3 is 0 Å². The number of amides is 1. The fraction of sp³-hybridized carbons (Fsp3) is 0.286. The van der Waals surface area contributed by atoms with Crippen LogP contribution in [0, 0.1) is 6.92 Å². The third-order valence-electron chi connectivity index (χ3n) is 4.67. The molecule has 1 aliphatic rings. The number of carbonyl (C=O) groups is 1. The van der Waals surface area contributed by atoms with Crippen molar-refractivity contribution in [3.05, 3.63) is 65.5 Å². The van der Waals surface area contributed by atoms with Crippen LogP contribution in [0.4, 0.5) is 5.95 Å². The first kappa shape index (κ1) is 18.0. The maximum absolute atomic E-state index is 12.0. The Hall–Kier alpha value is -3.35. The van der Waals surface area contributed by atoms with Crippen molar-refractivity contribution in [2.24, 2.45) is 0 Å². The third-order valence-corrected chi connectivity index (χ3v) is 4.67. The lowest BCUT2D eigenvalue weighted by Gasteiger charge is -2.24. The highest BCUT2D eigenvalue weighted by molar-refractivity contribution is 5.91. The number of nitrogens with zero attached hydrogens (tertiary/aromatic N) is 3. The van der Waals surface area contributed by atoms with E-state index < -0.39 is 0 Å². The second-order valence-corrected chi connectivity index (χ2v) is 6.71. The number of nitrogens with one attached hydrogen (secondary N) is 1. The van der Waals surface area contributed by atoms with Crippen LogP contribution < -0.4 is 14.8 Å². The zero-order chi connectivity index (χ0) is 19.5. The first-order chi connectivity index (χ1) is 13.6. The first-order valence-corrected chi connectivity index (χ1v) is 9.28. The average molecular weight is 378 g/mol. The van der Waals surface area contributed by atoms with Crippen molar-refractivity contribution in [2.75, 3.05) is 11.9 Å². The Balaban J connectivity index is 1.59. The maximum atomic E-state index is 12.0. The van der Waals surface area contributed by atoms with E-state index in [4.69, 9.17) is 9.47 Å². The van der Waals surface area contributed by atoms with Crippen molar-refractivity contribution in [1.29, 1.82) is 0 Å². The van der Waals surface area contributed by atoms with Crippen molar-refractivity contribution in [2.45, 2.75) is 32.9 Å². The molecule has 1 amide bonds. The largest absolute Gasteiger partial charge is 0.490 e. The molecule has 1 atom stereocenters. The lowest BCUT2D eigenvalue weighted by molar-refractivity contribution is -0.117. The van der Waals surface area contributed by atoms with Gasteiger partial charge in [-0.25, -0.2) is 4.68 Å². The van der Waals surface area contributed by atoms with Gasteiger partial charge in [-0.1, -0.05) is 35.9 Å². The molecular formula is C21H22N4O3. The highest BCUT2D eigenvalue weighted by atomic mass is 16.5. The predicted molar refractivity (Wildman–Crippen MR) is 105 cm³/mol. The lowest BCUT2D eigenvalue weighted by Crippen LogP contribution is -2.29. The number of carbonyl (C=O) groups excluding carboxylic acids is 1. The minimum atomic E-state index is -0.225. The van der Waals surface area contributed by atoms with E-state index in [0.717, 1.165) is 11.1 Å². The van der Waals surface area contributed by atoms with Crippen molar-refractivity contribution < 1.29 is 14.3 Å². The van der Waals surface area contributed by atoms with E-state index in [1.807, 2.05) is 25.1 Å². The van der Waals surface area contributed by atoms with Gasteiger partial charge in [0.05, 0.1) is 19.1 Å². The Morgan fingerprint density at radius 1 is 1.14 bits per heavy atom. The molecule has 7 heteroatoms. The maximum Gasteiger partial charge on any atom is 0.229 e.